The Hall–Kier alpha value is -2.92. The van der Waals surface area contributed by atoms with E-state index < -0.39 is 69.1 Å². The number of aliphatic hydroxyl groups is 2. The summed E-state index contributed by atoms with van der Waals surface area (Å²) < 4.78 is 47.5. The summed E-state index contributed by atoms with van der Waals surface area (Å²) in [7, 11) is -3.08. The second-order valence-corrected chi connectivity index (χ2v) is 12.6. The summed E-state index contributed by atoms with van der Waals surface area (Å²) in [4.78, 5) is 37.2. The van der Waals surface area contributed by atoms with Crippen LogP contribution in [0.5, 0.6) is 5.88 Å². The molecule has 0 saturated carbocycles. The zero-order valence-corrected chi connectivity index (χ0v) is 26.1. The first-order valence-corrected chi connectivity index (χ1v) is 15.3. The highest BCUT2D eigenvalue weighted by Crippen LogP contribution is 2.47. The highest BCUT2D eigenvalue weighted by Gasteiger charge is 2.54. The average molecular weight is 633 g/mol. The number of anilines is 1. The molecule has 0 unspecified atom stereocenters. The Balaban J connectivity index is 1.86. The van der Waals surface area contributed by atoms with Gasteiger partial charge in [0.25, 0.3) is 0 Å². The van der Waals surface area contributed by atoms with Gasteiger partial charge in [-0.3, -0.25) is 18.4 Å². The lowest BCUT2D eigenvalue weighted by Gasteiger charge is -2.28. The number of aliphatic hydroxyl groups excluding tert-OH is 1. The van der Waals surface area contributed by atoms with Crippen molar-refractivity contribution in [1.82, 2.24) is 24.6 Å². The second-order valence-electron chi connectivity index (χ2n) is 10.8. The maximum absolute atomic E-state index is 13.9. The highest BCUT2D eigenvalue weighted by molar-refractivity contribution is 7.51. The number of nitrogens with two attached hydrogens (primary N) is 1. The van der Waals surface area contributed by atoms with Crippen LogP contribution < -0.4 is 15.6 Å². The molecule has 0 bridgehead atoms. The molecule has 3 rings (SSSR count). The van der Waals surface area contributed by atoms with E-state index in [2.05, 4.69) is 20.0 Å². The Bertz CT molecular complexity index is 1320. The van der Waals surface area contributed by atoms with E-state index in [9.17, 15) is 24.4 Å². The molecule has 2 aromatic rings. The Morgan fingerprint density at radius 2 is 1.95 bits per heavy atom. The molecule has 1 saturated heterocycles. The lowest BCUT2D eigenvalue weighted by atomic mass is 9.96. The van der Waals surface area contributed by atoms with E-state index in [1.807, 2.05) is 13.8 Å². The van der Waals surface area contributed by atoms with Crippen LogP contribution in [0.2, 0.25) is 0 Å². The Kier molecular flexibility index (Phi) is 11.4. The van der Waals surface area contributed by atoms with Gasteiger partial charge in [0.2, 0.25) is 11.8 Å². The molecule has 17 nitrogen and oxygen atoms in total. The molecule has 0 spiro atoms. The van der Waals surface area contributed by atoms with Crippen LogP contribution in [-0.4, -0.2) is 98.6 Å². The first-order chi connectivity index (χ1) is 20.1. The highest BCUT2D eigenvalue weighted by atomic mass is 31.2. The molecule has 1 fully saturated rings. The Morgan fingerprint density at radius 3 is 2.56 bits per heavy atom. The molecule has 18 heteroatoms. The normalized spacial score (nSPS) is 24.3. The second kappa shape index (κ2) is 14.2. The fourth-order valence-electron chi connectivity index (χ4n) is 4.40. The molecule has 2 aromatic heterocycles. The number of carbonyl (C=O) groups excluding carboxylic acids is 2. The summed E-state index contributed by atoms with van der Waals surface area (Å²) in [6.07, 6.45) is -3.06. The molecule has 0 aromatic carbocycles. The zero-order valence-electron chi connectivity index (χ0n) is 25.3. The molecule has 0 amide bonds. The molecule has 3 heterocycles. The average Bonchev–Trinajstić information content (AvgIpc) is 3.42. The predicted molar refractivity (Wildman–Crippen MR) is 151 cm³/mol. The van der Waals surface area contributed by atoms with Gasteiger partial charge in [0.05, 0.1) is 32.8 Å². The van der Waals surface area contributed by atoms with Gasteiger partial charge in [-0.05, 0) is 40.0 Å². The number of imidazole rings is 1. The fraction of sp³-hybridized carbons (Fsp3) is 0.720. The third-order valence-electron chi connectivity index (χ3n) is 6.33. The van der Waals surface area contributed by atoms with Gasteiger partial charge >= 0.3 is 19.7 Å². The summed E-state index contributed by atoms with van der Waals surface area (Å²) in [6.45, 7) is 8.65. The van der Waals surface area contributed by atoms with Gasteiger partial charge in [0.15, 0.2) is 24.0 Å². The third kappa shape index (κ3) is 8.38. The van der Waals surface area contributed by atoms with Gasteiger partial charge in [-0.15, -0.1) is 0 Å². The Morgan fingerprint density at radius 1 is 1.26 bits per heavy atom. The summed E-state index contributed by atoms with van der Waals surface area (Å²) in [5, 5.41) is 24.9. The molecule has 1 aliphatic rings. The van der Waals surface area contributed by atoms with Crippen molar-refractivity contribution < 1.29 is 52.4 Å². The van der Waals surface area contributed by atoms with Crippen LogP contribution in [0, 0.1) is 5.92 Å². The maximum atomic E-state index is 13.9. The van der Waals surface area contributed by atoms with Crippen molar-refractivity contribution in [1.29, 1.82) is 0 Å². The smallest absolute Gasteiger partial charge is 0.406 e. The summed E-state index contributed by atoms with van der Waals surface area (Å²) >= 11 is 0. The van der Waals surface area contributed by atoms with Gasteiger partial charge < -0.3 is 34.9 Å². The van der Waals surface area contributed by atoms with Crippen LogP contribution in [0.15, 0.2) is 6.33 Å². The number of nitrogen functional groups attached to an aromatic ring is 1. The monoisotopic (exact) mass is 632 g/mol. The number of methoxy groups -OCH3 is 1. The standard InChI is InChI=1S/C25H41N6O11P/c1-8-38-17(32)11-40-43(36,30-15(9-13(2)3)22(34)41-14(4)5)39-10-16-19(33)25(6,35)23(42-16)31-12-27-18-20(31)28-24(26)29-21(18)37-7/h12-16,19,23,33,35H,8-11H2,1-7H3,(H,30,36)(H2,26,28,29)/t15-,16+,19+,23+,25+,43-/m0/s1. The van der Waals surface area contributed by atoms with Gasteiger partial charge in [0, 0.05) is 0 Å². The minimum absolute atomic E-state index is 0.0342. The molecule has 242 valence electrons. The molecule has 6 atom stereocenters. The van der Waals surface area contributed by atoms with E-state index in [0.29, 0.717) is 0 Å². The first-order valence-electron chi connectivity index (χ1n) is 13.7. The van der Waals surface area contributed by atoms with Gasteiger partial charge in [-0.1, -0.05) is 13.8 Å². The molecule has 0 radical (unpaired) electrons. The Labute approximate surface area is 248 Å². The first kappa shape index (κ1) is 34.6. The fourth-order valence-corrected chi connectivity index (χ4v) is 5.84. The van der Waals surface area contributed by atoms with Crippen LogP contribution in [0.1, 0.15) is 54.2 Å². The van der Waals surface area contributed by atoms with Crippen molar-refractivity contribution in [3.8, 4) is 5.88 Å². The van der Waals surface area contributed by atoms with Crippen LogP contribution in [0.3, 0.4) is 0 Å². The SMILES string of the molecule is CCOC(=O)CO[P@](=O)(N[C@@H](CC(C)C)C(=O)OC(C)C)OC[C@H]1O[C@@H](n2cnc3c(OC)nc(N)nc32)[C@](C)(O)[C@@H]1O. The number of fused-ring (bicyclic) bond motifs is 1. The van der Waals surface area contributed by atoms with Crippen LogP contribution in [-0.2, 0) is 37.4 Å². The van der Waals surface area contributed by atoms with Crippen LogP contribution in [0.4, 0.5) is 5.95 Å². The van der Waals surface area contributed by atoms with E-state index in [0.717, 1.165) is 0 Å². The number of carbonyl (C=O) groups is 2. The van der Waals surface area contributed by atoms with E-state index in [1.54, 1.807) is 20.8 Å². The van der Waals surface area contributed by atoms with E-state index >= 15 is 0 Å². The number of nitrogens with zero attached hydrogens (tertiary/aromatic N) is 4. The molecular formula is C25H41N6O11P. The van der Waals surface area contributed by atoms with E-state index in [1.165, 1.54) is 24.9 Å². The van der Waals surface area contributed by atoms with Gasteiger partial charge in [-0.2, -0.15) is 9.97 Å². The largest absolute Gasteiger partial charge is 0.479 e. The number of nitrogens with one attached hydrogen (secondary N) is 1. The summed E-state index contributed by atoms with van der Waals surface area (Å²) in [5.74, 6) is -1.58. The minimum Gasteiger partial charge on any atom is -0.479 e. The molecule has 1 aliphatic heterocycles. The predicted octanol–water partition coefficient (Wildman–Crippen LogP) is 1.09. The summed E-state index contributed by atoms with van der Waals surface area (Å²) in [6, 6.07) is -1.13. The number of hydrogen-bond acceptors (Lipinski definition) is 15. The van der Waals surface area contributed by atoms with E-state index in [4.69, 9.17) is 33.7 Å². The topological polar surface area (TPSA) is 229 Å². The number of esters is 2. The molecule has 0 aliphatic carbocycles. The van der Waals surface area contributed by atoms with Crippen molar-refractivity contribution >= 4 is 36.8 Å². The van der Waals surface area contributed by atoms with Crippen molar-refractivity contribution in [3.63, 3.8) is 0 Å². The van der Waals surface area contributed by atoms with Gasteiger partial charge in [-0.25, -0.2) is 19.4 Å². The molecule has 5 N–H and O–H groups in total. The van der Waals surface area contributed by atoms with Crippen molar-refractivity contribution in [3.05, 3.63) is 6.33 Å². The van der Waals surface area contributed by atoms with Crippen molar-refractivity contribution in [2.24, 2.45) is 5.92 Å². The van der Waals surface area contributed by atoms with Crippen molar-refractivity contribution in [2.75, 3.05) is 32.7 Å². The van der Waals surface area contributed by atoms with E-state index in [-0.39, 0.29) is 41.9 Å². The lowest BCUT2D eigenvalue weighted by molar-refractivity contribution is -0.150. The minimum atomic E-state index is -4.46. The zero-order chi connectivity index (χ0) is 32.1. The molecule has 43 heavy (non-hydrogen) atoms. The lowest BCUT2D eigenvalue weighted by Crippen LogP contribution is -2.44. The van der Waals surface area contributed by atoms with Gasteiger partial charge in [0.1, 0.15) is 23.9 Å². The number of ether oxygens (including phenoxy) is 4. The van der Waals surface area contributed by atoms with Crippen LogP contribution >= 0.6 is 7.75 Å². The third-order valence-corrected chi connectivity index (χ3v) is 7.92. The number of hydrogen-bond donors (Lipinski definition) is 4. The quantitative estimate of drug-likeness (QED) is 0.159. The maximum Gasteiger partial charge on any atom is 0.406 e. The van der Waals surface area contributed by atoms with Crippen LogP contribution in [0.25, 0.3) is 11.2 Å². The summed E-state index contributed by atoms with van der Waals surface area (Å²) in [5.41, 5.74) is 4.26. The molecular weight excluding hydrogens is 591 g/mol. The van der Waals surface area contributed by atoms with Crippen molar-refractivity contribution in [2.45, 2.75) is 84.1 Å². The number of rotatable bonds is 15. The number of aromatic nitrogens is 4.